The van der Waals surface area contributed by atoms with Crippen molar-refractivity contribution in [1.29, 1.82) is 0 Å². The van der Waals surface area contributed by atoms with Crippen LogP contribution < -0.4 is 14.8 Å². The van der Waals surface area contributed by atoms with Gasteiger partial charge in [0.2, 0.25) is 5.91 Å². The first-order valence-corrected chi connectivity index (χ1v) is 10.0. The number of ether oxygens (including phenoxy) is 2. The Morgan fingerprint density at radius 1 is 1.16 bits per heavy atom. The van der Waals surface area contributed by atoms with Gasteiger partial charge in [-0.05, 0) is 36.3 Å². The second-order valence-corrected chi connectivity index (χ2v) is 7.32. The number of carboxylic acids is 1. The largest absolute Gasteiger partial charge is 0.493 e. The number of halogens is 2. The topological polar surface area (TPSA) is 101 Å². The van der Waals surface area contributed by atoms with E-state index in [2.05, 4.69) is 10.3 Å². The molecule has 0 atom stereocenters. The summed E-state index contributed by atoms with van der Waals surface area (Å²) in [6.45, 7) is 1.90. The van der Waals surface area contributed by atoms with Gasteiger partial charge in [0.25, 0.3) is 0 Å². The summed E-state index contributed by atoms with van der Waals surface area (Å²) in [5, 5.41) is 13.6. The van der Waals surface area contributed by atoms with E-state index in [0.717, 1.165) is 0 Å². The van der Waals surface area contributed by atoms with Gasteiger partial charge in [-0.2, -0.15) is 0 Å². The van der Waals surface area contributed by atoms with Gasteiger partial charge in [-0.1, -0.05) is 30.1 Å². The number of carboxylic acid groups (broad SMARTS) is 1. The maximum atomic E-state index is 12.5. The number of aromatic nitrogens is 1. The molecule has 0 radical (unpaired) electrons. The number of carbonyl (C=O) groups excluding carboxylic acids is 1. The molecule has 0 fully saturated rings. The van der Waals surface area contributed by atoms with Crippen LogP contribution in [-0.4, -0.2) is 36.2 Å². The molecule has 0 unspecified atom stereocenters. The minimum absolute atomic E-state index is 0.0867. The van der Waals surface area contributed by atoms with Crippen LogP contribution in [0.15, 0.2) is 30.3 Å². The summed E-state index contributed by atoms with van der Waals surface area (Å²) in [6, 6.07) is 6.57. The van der Waals surface area contributed by atoms with Crippen LogP contribution >= 0.6 is 23.2 Å². The van der Waals surface area contributed by atoms with Crippen molar-refractivity contribution in [3.05, 3.63) is 57.2 Å². The number of hydrogen-bond donors (Lipinski definition) is 3. The van der Waals surface area contributed by atoms with Crippen LogP contribution in [0.2, 0.25) is 10.0 Å². The Labute approximate surface area is 188 Å². The number of benzene rings is 2. The molecular weight excluding hydrogens is 443 g/mol. The van der Waals surface area contributed by atoms with Crippen molar-refractivity contribution in [2.75, 3.05) is 19.5 Å². The molecule has 0 saturated heterocycles. The number of aromatic amines is 1. The number of carbonyl (C=O) groups is 2. The van der Waals surface area contributed by atoms with E-state index in [4.69, 9.17) is 32.7 Å². The lowest BCUT2D eigenvalue weighted by atomic mass is 10.1. The maximum Gasteiger partial charge on any atom is 0.352 e. The van der Waals surface area contributed by atoms with Crippen LogP contribution in [0.25, 0.3) is 17.0 Å². The molecule has 3 aromatic rings. The summed E-state index contributed by atoms with van der Waals surface area (Å²) in [5.74, 6) is -0.647. The minimum Gasteiger partial charge on any atom is -0.493 e. The van der Waals surface area contributed by atoms with E-state index in [-0.39, 0.29) is 5.69 Å². The number of H-pyrrole nitrogens is 1. The Morgan fingerprint density at radius 2 is 1.87 bits per heavy atom. The zero-order chi connectivity index (χ0) is 22.7. The predicted octanol–water partition coefficient (Wildman–Crippen LogP) is 5.40. The Kier molecular flexibility index (Phi) is 6.77. The molecule has 0 spiro atoms. The quantitative estimate of drug-likeness (QED) is 0.407. The molecule has 7 nitrogen and oxygen atoms in total. The fourth-order valence-electron chi connectivity index (χ4n) is 3.27. The summed E-state index contributed by atoms with van der Waals surface area (Å²) in [7, 11) is 3.01. The van der Waals surface area contributed by atoms with Gasteiger partial charge in [-0.25, -0.2) is 4.79 Å². The summed E-state index contributed by atoms with van der Waals surface area (Å²) in [5.41, 5.74) is 1.88. The highest BCUT2D eigenvalue weighted by Crippen LogP contribution is 2.37. The number of fused-ring (bicyclic) bond motifs is 1. The molecule has 0 saturated carbocycles. The van der Waals surface area contributed by atoms with Crippen LogP contribution in [0.5, 0.6) is 11.5 Å². The molecule has 2 aromatic carbocycles. The summed E-state index contributed by atoms with van der Waals surface area (Å²) >= 11 is 12.8. The first kappa shape index (κ1) is 22.5. The summed E-state index contributed by atoms with van der Waals surface area (Å²) < 4.78 is 10.4. The first-order valence-electron chi connectivity index (χ1n) is 9.27. The van der Waals surface area contributed by atoms with E-state index in [1.165, 1.54) is 26.4 Å². The SMILES string of the molecule is CCc1c(Cl)cc2[nH]c(C(=O)O)c(C=CC(=O)Nc3ccc(OC)c(OC)c3)c2c1Cl. The molecule has 1 amide bonds. The Hall–Kier alpha value is -3.16. The summed E-state index contributed by atoms with van der Waals surface area (Å²) in [6.07, 6.45) is 3.23. The van der Waals surface area contributed by atoms with Crippen molar-refractivity contribution < 1.29 is 24.2 Å². The molecular formula is C22H20Cl2N2O5. The van der Waals surface area contributed by atoms with Crippen LogP contribution in [0.4, 0.5) is 5.69 Å². The number of amides is 1. The van der Waals surface area contributed by atoms with Gasteiger partial charge in [-0.3, -0.25) is 4.79 Å². The van der Waals surface area contributed by atoms with Crippen molar-refractivity contribution in [3.63, 3.8) is 0 Å². The average Bonchev–Trinajstić information content (AvgIpc) is 3.11. The molecule has 0 aliphatic heterocycles. The fraction of sp³-hybridized carbons (Fsp3) is 0.182. The molecule has 3 N–H and O–H groups in total. The van der Waals surface area contributed by atoms with Crippen molar-refractivity contribution in [3.8, 4) is 11.5 Å². The van der Waals surface area contributed by atoms with Gasteiger partial charge in [0.15, 0.2) is 11.5 Å². The second kappa shape index (κ2) is 9.32. The Bertz CT molecular complexity index is 1200. The third-order valence-corrected chi connectivity index (χ3v) is 5.49. The monoisotopic (exact) mass is 462 g/mol. The van der Waals surface area contributed by atoms with Crippen molar-refractivity contribution in [2.45, 2.75) is 13.3 Å². The molecule has 31 heavy (non-hydrogen) atoms. The van der Waals surface area contributed by atoms with E-state index in [1.54, 1.807) is 24.3 Å². The van der Waals surface area contributed by atoms with E-state index in [0.29, 0.717) is 55.7 Å². The molecule has 3 rings (SSSR count). The average molecular weight is 463 g/mol. The van der Waals surface area contributed by atoms with E-state index in [9.17, 15) is 14.7 Å². The molecule has 0 bridgehead atoms. The molecule has 162 valence electrons. The minimum atomic E-state index is -1.18. The first-order chi connectivity index (χ1) is 14.8. The van der Waals surface area contributed by atoms with Crippen molar-refractivity contribution in [1.82, 2.24) is 4.98 Å². The maximum absolute atomic E-state index is 12.5. The highest BCUT2D eigenvalue weighted by molar-refractivity contribution is 6.40. The highest BCUT2D eigenvalue weighted by Gasteiger charge is 2.20. The van der Waals surface area contributed by atoms with Gasteiger partial charge in [0, 0.05) is 39.3 Å². The van der Waals surface area contributed by atoms with Gasteiger partial charge in [-0.15, -0.1) is 0 Å². The zero-order valence-corrected chi connectivity index (χ0v) is 18.5. The van der Waals surface area contributed by atoms with E-state index < -0.39 is 11.9 Å². The third-order valence-electron chi connectivity index (χ3n) is 4.73. The Balaban J connectivity index is 1.97. The van der Waals surface area contributed by atoms with E-state index in [1.807, 2.05) is 6.92 Å². The zero-order valence-electron chi connectivity index (χ0n) is 17.0. The van der Waals surface area contributed by atoms with Crippen molar-refractivity contribution >= 4 is 57.7 Å². The van der Waals surface area contributed by atoms with Crippen LogP contribution in [0.3, 0.4) is 0 Å². The number of aromatic carboxylic acids is 1. The third kappa shape index (κ3) is 4.47. The summed E-state index contributed by atoms with van der Waals surface area (Å²) in [4.78, 5) is 27.0. The predicted molar refractivity (Wildman–Crippen MR) is 122 cm³/mol. The van der Waals surface area contributed by atoms with Gasteiger partial charge >= 0.3 is 5.97 Å². The number of anilines is 1. The smallest absolute Gasteiger partial charge is 0.352 e. The lowest BCUT2D eigenvalue weighted by Gasteiger charge is -2.09. The highest BCUT2D eigenvalue weighted by atomic mass is 35.5. The lowest BCUT2D eigenvalue weighted by Crippen LogP contribution is -2.08. The van der Waals surface area contributed by atoms with Gasteiger partial charge in [0.1, 0.15) is 5.69 Å². The lowest BCUT2D eigenvalue weighted by molar-refractivity contribution is -0.111. The Morgan fingerprint density at radius 3 is 2.48 bits per heavy atom. The van der Waals surface area contributed by atoms with Crippen molar-refractivity contribution in [2.24, 2.45) is 0 Å². The number of rotatable bonds is 7. The van der Waals surface area contributed by atoms with Gasteiger partial charge < -0.3 is 24.9 Å². The molecule has 0 aliphatic carbocycles. The second-order valence-electron chi connectivity index (χ2n) is 6.54. The van der Waals surface area contributed by atoms with E-state index >= 15 is 0 Å². The number of nitrogens with one attached hydrogen (secondary N) is 2. The normalized spacial score (nSPS) is 11.1. The van der Waals surface area contributed by atoms with Crippen LogP contribution in [0, 0.1) is 0 Å². The molecule has 0 aliphatic rings. The molecule has 1 heterocycles. The van der Waals surface area contributed by atoms with Gasteiger partial charge in [0.05, 0.1) is 19.2 Å². The van der Waals surface area contributed by atoms with Crippen LogP contribution in [0.1, 0.15) is 28.5 Å². The number of methoxy groups -OCH3 is 2. The number of hydrogen-bond acceptors (Lipinski definition) is 4. The van der Waals surface area contributed by atoms with Crippen LogP contribution in [-0.2, 0) is 11.2 Å². The fourth-order valence-corrected chi connectivity index (χ4v) is 4.09. The standard InChI is InChI=1S/C22H20Cl2N2O5/c1-4-12-14(23)10-15-19(20(12)24)13(21(26-15)22(28)29)6-8-18(27)25-11-5-7-16(30-2)17(9-11)31-3/h5-10,26H,4H2,1-3H3,(H,25,27)(H,28,29). The molecule has 9 heteroatoms. The molecule has 1 aromatic heterocycles.